The fourth-order valence-corrected chi connectivity index (χ4v) is 2.87. The molecular weight excluding hydrogens is 256 g/mol. The highest BCUT2D eigenvalue weighted by Gasteiger charge is 2.18. The van der Waals surface area contributed by atoms with Gasteiger partial charge in [0.2, 0.25) is 0 Å². The first-order valence-electron chi connectivity index (χ1n) is 7.82. The second kappa shape index (κ2) is 6.77. The van der Waals surface area contributed by atoms with Crippen molar-refractivity contribution in [2.24, 2.45) is 0 Å². The summed E-state index contributed by atoms with van der Waals surface area (Å²) in [6.07, 6.45) is 2.41. The minimum atomic E-state index is 0.631. The third kappa shape index (κ3) is 3.85. The maximum Gasteiger partial charge on any atom is 0.0446 e. The second-order valence-electron chi connectivity index (χ2n) is 5.88. The van der Waals surface area contributed by atoms with E-state index in [1.54, 1.807) is 0 Å². The van der Waals surface area contributed by atoms with Crippen LogP contribution in [0.2, 0.25) is 0 Å². The van der Waals surface area contributed by atoms with Crippen molar-refractivity contribution in [1.29, 1.82) is 0 Å². The van der Waals surface area contributed by atoms with Gasteiger partial charge in [0.1, 0.15) is 0 Å². The average molecular weight is 279 g/mol. The Kier molecular flexibility index (Phi) is 4.56. The van der Waals surface area contributed by atoms with Gasteiger partial charge >= 0.3 is 0 Å². The first-order chi connectivity index (χ1) is 10.3. The van der Waals surface area contributed by atoms with Crippen molar-refractivity contribution in [2.45, 2.75) is 32.4 Å². The van der Waals surface area contributed by atoms with Gasteiger partial charge in [0.15, 0.2) is 0 Å². The van der Waals surface area contributed by atoms with Gasteiger partial charge in [0, 0.05) is 37.4 Å². The third-order valence-electron chi connectivity index (χ3n) is 4.24. The van der Waals surface area contributed by atoms with Crippen LogP contribution in [0.25, 0.3) is 0 Å². The monoisotopic (exact) mass is 279 g/mol. The van der Waals surface area contributed by atoms with E-state index in [1.807, 2.05) is 12.1 Å². The van der Waals surface area contributed by atoms with Crippen LogP contribution in [0.4, 0.5) is 5.69 Å². The number of hydrogen-bond acceptors (Lipinski definition) is 2. The summed E-state index contributed by atoms with van der Waals surface area (Å²) in [6, 6.07) is 21.0. The summed E-state index contributed by atoms with van der Waals surface area (Å²) >= 11 is 0. The molecule has 2 aromatic carbocycles. The minimum absolute atomic E-state index is 0.631. The molecule has 109 valence electrons. The molecule has 0 saturated carbocycles. The maximum absolute atomic E-state index is 3.69. The molecule has 1 heterocycles. The molecule has 0 atom stereocenters. The van der Waals surface area contributed by atoms with E-state index in [-0.39, 0.29) is 0 Å². The Morgan fingerprint density at radius 2 is 1.86 bits per heavy atom. The SMILES string of the molecule is Cc1ccc(CNC2CCN(c3[c]cccc3)CC2)cc1. The van der Waals surface area contributed by atoms with Gasteiger partial charge in [0.05, 0.1) is 0 Å². The Morgan fingerprint density at radius 3 is 2.52 bits per heavy atom. The van der Waals surface area contributed by atoms with Crippen molar-refractivity contribution in [1.82, 2.24) is 5.32 Å². The summed E-state index contributed by atoms with van der Waals surface area (Å²) in [5, 5.41) is 3.69. The molecule has 1 saturated heterocycles. The third-order valence-corrected chi connectivity index (χ3v) is 4.24. The highest BCUT2D eigenvalue weighted by Crippen LogP contribution is 2.19. The zero-order valence-electron chi connectivity index (χ0n) is 12.7. The van der Waals surface area contributed by atoms with Crippen molar-refractivity contribution in [3.63, 3.8) is 0 Å². The van der Waals surface area contributed by atoms with Gasteiger partial charge in [-0.25, -0.2) is 0 Å². The van der Waals surface area contributed by atoms with E-state index in [9.17, 15) is 0 Å². The fraction of sp³-hybridized carbons (Fsp3) is 0.368. The van der Waals surface area contributed by atoms with Gasteiger partial charge in [-0.2, -0.15) is 0 Å². The smallest absolute Gasteiger partial charge is 0.0446 e. The lowest BCUT2D eigenvalue weighted by Gasteiger charge is -2.34. The van der Waals surface area contributed by atoms with Crippen LogP contribution >= 0.6 is 0 Å². The average Bonchev–Trinajstić information content (AvgIpc) is 2.56. The van der Waals surface area contributed by atoms with Crippen LogP contribution in [-0.4, -0.2) is 19.1 Å². The van der Waals surface area contributed by atoms with Gasteiger partial charge in [-0.3, -0.25) is 0 Å². The zero-order valence-corrected chi connectivity index (χ0v) is 12.7. The molecule has 0 unspecified atom stereocenters. The van der Waals surface area contributed by atoms with Gasteiger partial charge in [0.25, 0.3) is 0 Å². The normalized spacial score (nSPS) is 16.1. The molecule has 0 spiro atoms. The molecule has 0 bridgehead atoms. The van der Waals surface area contributed by atoms with E-state index in [4.69, 9.17) is 0 Å². The van der Waals surface area contributed by atoms with Crippen LogP contribution in [0.1, 0.15) is 24.0 Å². The van der Waals surface area contributed by atoms with Gasteiger partial charge in [-0.15, -0.1) is 0 Å². The molecule has 2 heteroatoms. The second-order valence-corrected chi connectivity index (χ2v) is 5.88. The van der Waals surface area contributed by atoms with Crippen LogP contribution in [-0.2, 0) is 6.54 Å². The molecule has 21 heavy (non-hydrogen) atoms. The summed E-state index contributed by atoms with van der Waals surface area (Å²) in [4.78, 5) is 2.43. The first-order valence-corrected chi connectivity index (χ1v) is 7.82. The molecule has 1 aliphatic heterocycles. The Morgan fingerprint density at radius 1 is 1.10 bits per heavy atom. The van der Waals surface area contributed by atoms with Gasteiger partial charge < -0.3 is 10.2 Å². The number of nitrogens with zero attached hydrogens (tertiary/aromatic N) is 1. The van der Waals surface area contributed by atoms with Crippen molar-refractivity contribution >= 4 is 5.69 Å². The van der Waals surface area contributed by atoms with E-state index in [0.717, 1.165) is 19.6 Å². The van der Waals surface area contributed by atoms with Crippen LogP contribution in [0, 0.1) is 13.0 Å². The maximum atomic E-state index is 3.69. The predicted molar refractivity (Wildman–Crippen MR) is 88.5 cm³/mol. The lowest BCUT2D eigenvalue weighted by atomic mass is 10.0. The molecule has 2 aromatic rings. The van der Waals surface area contributed by atoms with Crippen LogP contribution in [0.15, 0.2) is 48.5 Å². The van der Waals surface area contributed by atoms with E-state index < -0.39 is 0 Å². The topological polar surface area (TPSA) is 15.3 Å². The molecule has 1 fully saturated rings. The van der Waals surface area contributed by atoms with Gasteiger partial charge in [-0.1, -0.05) is 48.0 Å². The van der Waals surface area contributed by atoms with Crippen molar-refractivity contribution in [3.05, 3.63) is 65.7 Å². The number of benzene rings is 2. The summed E-state index contributed by atoms with van der Waals surface area (Å²) in [5.74, 6) is 0. The largest absolute Gasteiger partial charge is 0.371 e. The molecule has 0 aromatic heterocycles. The highest BCUT2D eigenvalue weighted by atomic mass is 15.1. The first kappa shape index (κ1) is 14.2. The Balaban J connectivity index is 1.47. The highest BCUT2D eigenvalue weighted by molar-refractivity contribution is 5.45. The molecule has 0 aliphatic carbocycles. The minimum Gasteiger partial charge on any atom is -0.371 e. The Labute approximate surface area is 127 Å². The zero-order chi connectivity index (χ0) is 14.5. The number of anilines is 1. The standard InChI is InChI=1S/C19H23N2/c1-16-7-9-17(10-8-16)15-20-18-11-13-21(14-12-18)19-5-3-2-4-6-19/h2-5,7-10,18,20H,11-15H2,1H3. The number of piperidine rings is 1. The van der Waals surface area contributed by atoms with Crippen LogP contribution in [0.5, 0.6) is 0 Å². The summed E-state index contributed by atoms with van der Waals surface area (Å²) in [6.45, 7) is 5.34. The summed E-state index contributed by atoms with van der Waals surface area (Å²) in [5.41, 5.74) is 3.93. The Hall–Kier alpha value is -1.80. The molecule has 1 radical (unpaired) electrons. The summed E-state index contributed by atoms with van der Waals surface area (Å²) < 4.78 is 0. The lowest BCUT2D eigenvalue weighted by Crippen LogP contribution is -2.42. The van der Waals surface area contributed by atoms with Crippen molar-refractivity contribution in [3.8, 4) is 0 Å². The number of rotatable bonds is 4. The van der Waals surface area contributed by atoms with Crippen LogP contribution < -0.4 is 10.2 Å². The molecule has 2 nitrogen and oxygen atoms in total. The van der Waals surface area contributed by atoms with Gasteiger partial charge in [-0.05, 0) is 31.4 Å². The predicted octanol–water partition coefficient (Wildman–Crippen LogP) is 3.55. The van der Waals surface area contributed by atoms with Crippen molar-refractivity contribution in [2.75, 3.05) is 18.0 Å². The molecular formula is C19H23N2. The van der Waals surface area contributed by atoms with E-state index in [0.29, 0.717) is 6.04 Å². The van der Waals surface area contributed by atoms with E-state index in [1.165, 1.54) is 29.7 Å². The molecule has 1 N–H and O–H groups in total. The van der Waals surface area contributed by atoms with E-state index >= 15 is 0 Å². The van der Waals surface area contributed by atoms with E-state index in [2.05, 4.69) is 59.6 Å². The molecule has 1 aliphatic rings. The fourth-order valence-electron chi connectivity index (χ4n) is 2.87. The van der Waals surface area contributed by atoms with Crippen molar-refractivity contribution < 1.29 is 0 Å². The number of para-hydroxylation sites is 1. The number of hydrogen-bond donors (Lipinski definition) is 1. The lowest BCUT2D eigenvalue weighted by molar-refractivity contribution is 0.414. The summed E-state index contributed by atoms with van der Waals surface area (Å²) in [7, 11) is 0. The molecule has 0 amide bonds. The molecule has 3 rings (SSSR count). The Bertz CT molecular complexity index is 540. The quantitative estimate of drug-likeness (QED) is 0.920. The number of nitrogens with one attached hydrogen (secondary N) is 1. The number of aryl methyl sites for hydroxylation is 1. The van der Waals surface area contributed by atoms with Crippen LogP contribution in [0.3, 0.4) is 0 Å².